The summed E-state index contributed by atoms with van der Waals surface area (Å²) in [5, 5.41) is 13.9. The van der Waals surface area contributed by atoms with E-state index in [-0.39, 0.29) is 12.3 Å². The molecule has 1 heterocycles. The maximum atomic E-state index is 10.7. The molecule has 0 radical (unpaired) electrons. The number of pyridine rings is 1. The van der Waals surface area contributed by atoms with E-state index in [1.165, 1.54) is 0 Å². The summed E-state index contributed by atoms with van der Waals surface area (Å²) in [6, 6.07) is 7.68. The summed E-state index contributed by atoms with van der Waals surface area (Å²) >= 11 is 0. The maximum Gasteiger partial charge on any atom is 0.303 e. The van der Waals surface area contributed by atoms with Gasteiger partial charge >= 0.3 is 5.97 Å². The van der Waals surface area contributed by atoms with Crippen LogP contribution in [0.25, 0.3) is 10.8 Å². The van der Waals surface area contributed by atoms with E-state index in [1.807, 2.05) is 31.2 Å². The lowest BCUT2D eigenvalue weighted by Gasteiger charge is -2.13. The van der Waals surface area contributed by atoms with Gasteiger partial charge in [-0.25, -0.2) is 4.98 Å². The number of nitrogens with zero attached hydrogens (tertiary/aromatic N) is 1. The Morgan fingerprint density at radius 3 is 2.90 bits per heavy atom. The van der Waals surface area contributed by atoms with Crippen molar-refractivity contribution in [1.82, 2.24) is 4.98 Å². The number of anilines is 1. The van der Waals surface area contributed by atoms with Gasteiger partial charge in [0.2, 0.25) is 0 Å². The number of rotatable bonds is 6. The van der Waals surface area contributed by atoms with Gasteiger partial charge in [-0.1, -0.05) is 19.1 Å². The van der Waals surface area contributed by atoms with Crippen molar-refractivity contribution in [3.63, 3.8) is 0 Å². The standard InChI is InChI=1S/C15H18N2O3/c1-10(8-14(18)19)9-17-15-12-4-3-5-13(20-2)11(12)6-7-16-15/h3-7,10H,8-9H2,1-2H3,(H,16,17)(H,18,19). The summed E-state index contributed by atoms with van der Waals surface area (Å²) in [6.45, 7) is 2.46. The number of methoxy groups -OCH3 is 1. The highest BCUT2D eigenvalue weighted by Crippen LogP contribution is 2.29. The molecule has 0 aliphatic carbocycles. The highest BCUT2D eigenvalue weighted by atomic mass is 16.5. The second kappa shape index (κ2) is 6.23. The number of hydrogen-bond acceptors (Lipinski definition) is 4. The van der Waals surface area contributed by atoms with Gasteiger partial charge in [-0.2, -0.15) is 0 Å². The molecule has 1 atom stereocenters. The van der Waals surface area contributed by atoms with Crippen LogP contribution in [-0.4, -0.2) is 29.7 Å². The van der Waals surface area contributed by atoms with Gasteiger partial charge in [-0.15, -0.1) is 0 Å². The fraction of sp³-hybridized carbons (Fsp3) is 0.333. The zero-order valence-electron chi connectivity index (χ0n) is 11.6. The van der Waals surface area contributed by atoms with Crippen molar-refractivity contribution in [3.05, 3.63) is 30.5 Å². The summed E-state index contributed by atoms with van der Waals surface area (Å²) in [6.07, 6.45) is 1.86. The predicted octanol–water partition coefficient (Wildman–Crippen LogP) is 2.77. The van der Waals surface area contributed by atoms with Gasteiger partial charge < -0.3 is 15.2 Å². The normalized spacial score (nSPS) is 12.1. The van der Waals surface area contributed by atoms with Crippen molar-refractivity contribution in [3.8, 4) is 5.75 Å². The zero-order chi connectivity index (χ0) is 14.5. The average molecular weight is 274 g/mol. The van der Waals surface area contributed by atoms with E-state index in [2.05, 4.69) is 10.3 Å². The third kappa shape index (κ3) is 3.17. The first-order valence-corrected chi connectivity index (χ1v) is 6.49. The van der Waals surface area contributed by atoms with Gasteiger partial charge in [-0.05, 0) is 18.1 Å². The van der Waals surface area contributed by atoms with E-state index in [0.29, 0.717) is 6.54 Å². The first-order chi connectivity index (χ1) is 9.61. The molecule has 0 amide bonds. The largest absolute Gasteiger partial charge is 0.496 e. The number of nitrogens with one attached hydrogen (secondary N) is 1. The molecule has 0 aliphatic rings. The Labute approximate surface area is 117 Å². The fourth-order valence-corrected chi connectivity index (χ4v) is 2.14. The minimum Gasteiger partial charge on any atom is -0.496 e. The fourth-order valence-electron chi connectivity index (χ4n) is 2.14. The van der Waals surface area contributed by atoms with E-state index in [4.69, 9.17) is 9.84 Å². The predicted molar refractivity (Wildman–Crippen MR) is 78.2 cm³/mol. The summed E-state index contributed by atoms with van der Waals surface area (Å²) in [7, 11) is 1.64. The molecular formula is C15H18N2O3. The maximum absolute atomic E-state index is 10.7. The van der Waals surface area contributed by atoms with Crippen LogP contribution in [-0.2, 0) is 4.79 Å². The minimum absolute atomic E-state index is 0.0372. The smallest absolute Gasteiger partial charge is 0.303 e. The molecule has 0 bridgehead atoms. The number of carboxylic acid groups (broad SMARTS) is 1. The number of ether oxygens (including phenoxy) is 1. The Morgan fingerprint density at radius 2 is 2.20 bits per heavy atom. The van der Waals surface area contributed by atoms with Crippen LogP contribution in [0.5, 0.6) is 5.75 Å². The second-order valence-electron chi connectivity index (χ2n) is 4.80. The second-order valence-corrected chi connectivity index (χ2v) is 4.80. The van der Waals surface area contributed by atoms with Gasteiger partial charge in [0.05, 0.1) is 7.11 Å². The number of hydrogen-bond donors (Lipinski definition) is 2. The van der Waals surface area contributed by atoms with Crippen molar-refractivity contribution in [2.24, 2.45) is 5.92 Å². The quantitative estimate of drug-likeness (QED) is 0.847. The van der Waals surface area contributed by atoms with Crippen LogP contribution < -0.4 is 10.1 Å². The van der Waals surface area contributed by atoms with Crippen LogP contribution in [0.15, 0.2) is 30.5 Å². The van der Waals surface area contributed by atoms with E-state index in [0.717, 1.165) is 22.3 Å². The molecule has 1 unspecified atom stereocenters. The van der Waals surface area contributed by atoms with E-state index in [1.54, 1.807) is 13.3 Å². The molecule has 106 valence electrons. The number of benzene rings is 1. The molecule has 0 saturated heterocycles. The van der Waals surface area contributed by atoms with Crippen LogP contribution in [0.3, 0.4) is 0 Å². The number of carboxylic acids is 1. The first-order valence-electron chi connectivity index (χ1n) is 6.49. The number of carbonyl (C=O) groups is 1. The number of aromatic nitrogens is 1. The number of aliphatic carboxylic acids is 1. The summed E-state index contributed by atoms with van der Waals surface area (Å²) in [5.74, 6) is 0.798. The van der Waals surface area contributed by atoms with Crippen LogP contribution in [0.2, 0.25) is 0 Å². The van der Waals surface area contributed by atoms with Gasteiger partial charge in [-0.3, -0.25) is 4.79 Å². The molecule has 5 nitrogen and oxygen atoms in total. The van der Waals surface area contributed by atoms with Gasteiger partial charge in [0.1, 0.15) is 11.6 Å². The Bertz CT molecular complexity index is 613. The SMILES string of the molecule is COc1cccc2c(NCC(C)CC(=O)O)nccc12. The molecule has 0 saturated carbocycles. The Balaban J connectivity index is 2.20. The Kier molecular flexibility index (Phi) is 4.40. The summed E-state index contributed by atoms with van der Waals surface area (Å²) in [4.78, 5) is 15.0. The summed E-state index contributed by atoms with van der Waals surface area (Å²) in [5.41, 5.74) is 0. The molecule has 1 aromatic heterocycles. The monoisotopic (exact) mass is 274 g/mol. The molecule has 0 fully saturated rings. The average Bonchev–Trinajstić information content (AvgIpc) is 2.43. The molecular weight excluding hydrogens is 256 g/mol. The Hall–Kier alpha value is -2.30. The minimum atomic E-state index is -0.785. The lowest BCUT2D eigenvalue weighted by atomic mass is 10.1. The van der Waals surface area contributed by atoms with Crippen molar-refractivity contribution < 1.29 is 14.6 Å². The van der Waals surface area contributed by atoms with E-state index in [9.17, 15) is 4.79 Å². The van der Waals surface area contributed by atoms with Crippen molar-refractivity contribution in [1.29, 1.82) is 0 Å². The highest BCUT2D eigenvalue weighted by Gasteiger charge is 2.10. The van der Waals surface area contributed by atoms with Gasteiger partial charge in [0, 0.05) is 29.9 Å². The van der Waals surface area contributed by atoms with Crippen LogP contribution in [0.1, 0.15) is 13.3 Å². The van der Waals surface area contributed by atoms with Crippen molar-refractivity contribution >= 4 is 22.6 Å². The molecule has 2 rings (SSSR count). The first kappa shape index (κ1) is 14.1. The molecule has 5 heteroatoms. The van der Waals surface area contributed by atoms with Crippen molar-refractivity contribution in [2.45, 2.75) is 13.3 Å². The highest BCUT2D eigenvalue weighted by molar-refractivity contribution is 5.95. The molecule has 20 heavy (non-hydrogen) atoms. The summed E-state index contributed by atoms with van der Waals surface area (Å²) < 4.78 is 5.33. The van der Waals surface area contributed by atoms with Crippen LogP contribution in [0.4, 0.5) is 5.82 Å². The molecule has 0 spiro atoms. The topological polar surface area (TPSA) is 71.5 Å². The third-order valence-corrected chi connectivity index (χ3v) is 3.13. The molecule has 2 aromatic rings. The van der Waals surface area contributed by atoms with Gasteiger partial charge in [0.15, 0.2) is 0 Å². The van der Waals surface area contributed by atoms with Crippen LogP contribution >= 0.6 is 0 Å². The lowest BCUT2D eigenvalue weighted by Crippen LogP contribution is -2.15. The molecule has 2 N–H and O–H groups in total. The van der Waals surface area contributed by atoms with E-state index < -0.39 is 5.97 Å². The third-order valence-electron chi connectivity index (χ3n) is 3.13. The Morgan fingerprint density at radius 1 is 1.40 bits per heavy atom. The van der Waals surface area contributed by atoms with Gasteiger partial charge in [0.25, 0.3) is 0 Å². The lowest BCUT2D eigenvalue weighted by molar-refractivity contribution is -0.137. The van der Waals surface area contributed by atoms with E-state index >= 15 is 0 Å². The van der Waals surface area contributed by atoms with Crippen LogP contribution in [0, 0.1) is 5.92 Å². The molecule has 1 aromatic carbocycles. The van der Waals surface area contributed by atoms with Crippen molar-refractivity contribution in [2.75, 3.05) is 19.0 Å². The zero-order valence-corrected chi connectivity index (χ0v) is 11.6. The number of fused-ring (bicyclic) bond motifs is 1. The molecule has 0 aliphatic heterocycles.